The Hall–Kier alpha value is -2.47. The van der Waals surface area contributed by atoms with Crippen LogP contribution in [0, 0.1) is 6.92 Å². The van der Waals surface area contributed by atoms with E-state index in [1.165, 1.54) is 7.11 Å². The van der Waals surface area contributed by atoms with Crippen LogP contribution in [0.3, 0.4) is 0 Å². The first-order valence-corrected chi connectivity index (χ1v) is 6.02. The van der Waals surface area contributed by atoms with Gasteiger partial charge in [0.15, 0.2) is 6.79 Å². The molecule has 20 heavy (non-hydrogen) atoms. The Kier molecular flexibility index (Phi) is 4.62. The summed E-state index contributed by atoms with van der Waals surface area (Å²) < 4.78 is 10.1. The predicted octanol–water partition coefficient (Wildman–Crippen LogP) is 2.02. The van der Waals surface area contributed by atoms with Gasteiger partial charge < -0.3 is 14.8 Å². The Morgan fingerprint density at radius 3 is 2.90 bits per heavy atom. The SMILES string of the molecule is COCOc1cc(C)nc(C(=O)Nc2ccccn2)c1. The molecular weight excluding hydrogens is 258 g/mol. The van der Waals surface area contributed by atoms with Crippen LogP contribution in [-0.2, 0) is 4.74 Å². The predicted molar refractivity (Wildman–Crippen MR) is 73.7 cm³/mol. The van der Waals surface area contributed by atoms with Crippen molar-refractivity contribution in [1.82, 2.24) is 9.97 Å². The topological polar surface area (TPSA) is 73.3 Å². The monoisotopic (exact) mass is 273 g/mol. The minimum atomic E-state index is -0.338. The summed E-state index contributed by atoms with van der Waals surface area (Å²) in [6.07, 6.45) is 1.60. The fourth-order valence-corrected chi connectivity index (χ4v) is 1.58. The molecule has 0 radical (unpaired) electrons. The lowest BCUT2D eigenvalue weighted by molar-refractivity contribution is 0.0509. The van der Waals surface area contributed by atoms with Crippen LogP contribution < -0.4 is 10.1 Å². The van der Waals surface area contributed by atoms with Crippen LogP contribution in [0.4, 0.5) is 5.82 Å². The van der Waals surface area contributed by atoms with Crippen molar-refractivity contribution in [3.8, 4) is 5.75 Å². The van der Waals surface area contributed by atoms with E-state index in [-0.39, 0.29) is 18.4 Å². The van der Waals surface area contributed by atoms with Gasteiger partial charge in [-0.3, -0.25) is 4.79 Å². The molecule has 0 bridgehead atoms. The molecule has 0 aromatic carbocycles. The van der Waals surface area contributed by atoms with Gasteiger partial charge in [0.25, 0.3) is 5.91 Å². The van der Waals surface area contributed by atoms with E-state index in [0.29, 0.717) is 17.3 Å². The quantitative estimate of drug-likeness (QED) is 0.844. The molecule has 104 valence electrons. The van der Waals surface area contributed by atoms with Gasteiger partial charge in [-0.15, -0.1) is 0 Å². The Morgan fingerprint density at radius 2 is 2.20 bits per heavy atom. The zero-order chi connectivity index (χ0) is 14.4. The molecule has 6 heteroatoms. The number of pyridine rings is 2. The number of ether oxygens (including phenoxy) is 2. The van der Waals surface area contributed by atoms with Gasteiger partial charge >= 0.3 is 0 Å². The van der Waals surface area contributed by atoms with Crippen molar-refractivity contribution in [3.05, 3.63) is 47.9 Å². The summed E-state index contributed by atoms with van der Waals surface area (Å²) in [6.45, 7) is 1.90. The van der Waals surface area contributed by atoms with Crippen LogP contribution in [0.2, 0.25) is 0 Å². The normalized spacial score (nSPS) is 10.1. The number of hydrogen-bond donors (Lipinski definition) is 1. The van der Waals surface area contributed by atoms with Crippen LogP contribution in [-0.4, -0.2) is 29.8 Å². The summed E-state index contributed by atoms with van der Waals surface area (Å²) in [7, 11) is 1.53. The second-order valence-electron chi connectivity index (χ2n) is 4.05. The molecule has 0 fully saturated rings. The Labute approximate surface area is 116 Å². The number of hydrogen-bond acceptors (Lipinski definition) is 5. The minimum Gasteiger partial charge on any atom is -0.467 e. The number of methoxy groups -OCH3 is 1. The smallest absolute Gasteiger partial charge is 0.275 e. The summed E-state index contributed by atoms with van der Waals surface area (Å²) in [4.78, 5) is 20.3. The van der Waals surface area contributed by atoms with Crippen LogP contribution in [0.1, 0.15) is 16.2 Å². The molecule has 0 unspecified atom stereocenters. The number of nitrogens with zero attached hydrogens (tertiary/aromatic N) is 2. The average Bonchev–Trinajstić information content (AvgIpc) is 2.45. The number of aromatic nitrogens is 2. The number of rotatable bonds is 5. The number of nitrogens with one attached hydrogen (secondary N) is 1. The average molecular weight is 273 g/mol. The molecule has 0 aliphatic rings. The summed E-state index contributed by atoms with van der Waals surface area (Å²) in [6, 6.07) is 8.56. The van der Waals surface area contributed by atoms with Crippen molar-refractivity contribution >= 4 is 11.7 Å². The molecule has 2 rings (SSSR count). The van der Waals surface area contributed by atoms with Gasteiger partial charge in [-0.2, -0.15) is 0 Å². The molecule has 2 heterocycles. The van der Waals surface area contributed by atoms with Gasteiger partial charge in [0, 0.05) is 31.1 Å². The van der Waals surface area contributed by atoms with E-state index < -0.39 is 0 Å². The second kappa shape index (κ2) is 6.63. The van der Waals surface area contributed by atoms with Gasteiger partial charge in [0.1, 0.15) is 17.3 Å². The fraction of sp³-hybridized carbons (Fsp3) is 0.214. The van der Waals surface area contributed by atoms with E-state index in [1.54, 1.807) is 43.5 Å². The van der Waals surface area contributed by atoms with Crippen LogP contribution in [0.5, 0.6) is 5.75 Å². The van der Waals surface area contributed by atoms with Crippen molar-refractivity contribution in [2.45, 2.75) is 6.92 Å². The number of carbonyl (C=O) groups excluding carboxylic acids is 1. The molecule has 2 aromatic heterocycles. The largest absolute Gasteiger partial charge is 0.467 e. The maximum Gasteiger partial charge on any atom is 0.275 e. The van der Waals surface area contributed by atoms with Gasteiger partial charge in [0.2, 0.25) is 0 Å². The van der Waals surface area contributed by atoms with E-state index in [4.69, 9.17) is 9.47 Å². The first-order chi connectivity index (χ1) is 9.69. The highest BCUT2D eigenvalue weighted by molar-refractivity contribution is 6.02. The number of amides is 1. The summed E-state index contributed by atoms with van der Waals surface area (Å²) in [5.74, 6) is 0.667. The summed E-state index contributed by atoms with van der Waals surface area (Å²) in [5, 5.41) is 2.67. The first kappa shape index (κ1) is 14.0. The summed E-state index contributed by atoms with van der Waals surface area (Å²) in [5.41, 5.74) is 0.950. The van der Waals surface area contributed by atoms with E-state index >= 15 is 0 Å². The molecule has 1 N–H and O–H groups in total. The maximum absolute atomic E-state index is 12.1. The highest BCUT2D eigenvalue weighted by atomic mass is 16.7. The van der Waals surface area contributed by atoms with Gasteiger partial charge in [-0.05, 0) is 19.1 Å². The lowest BCUT2D eigenvalue weighted by Crippen LogP contribution is -2.15. The first-order valence-electron chi connectivity index (χ1n) is 6.02. The highest BCUT2D eigenvalue weighted by Gasteiger charge is 2.11. The van der Waals surface area contributed by atoms with E-state index in [1.807, 2.05) is 0 Å². The lowest BCUT2D eigenvalue weighted by Gasteiger charge is -2.08. The molecule has 0 saturated heterocycles. The van der Waals surface area contributed by atoms with Gasteiger partial charge in [-0.25, -0.2) is 9.97 Å². The van der Waals surface area contributed by atoms with Crippen molar-refractivity contribution in [3.63, 3.8) is 0 Å². The third-order valence-electron chi connectivity index (χ3n) is 2.41. The van der Waals surface area contributed by atoms with Gasteiger partial charge in [0.05, 0.1) is 0 Å². The zero-order valence-corrected chi connectivity index (χ0v) is 11.3. The van der Waals surface area contributed by atoms with Crippen molar-refractivity contribution in [1.29, 1.82) is 0 Å². The van der Waals surface area contributed by atoms with Crippen LogP contribution >= 0.6 is 0 Å². The van der Waals surface area contributed by atoms with Crippen molar-refractivity contribution in [2.75, 3.05) is 19.2 Å². The number of carbonyl (C=O) groups is 1. The third-order valence-corrected chi connectivity index (χ3v) is 2.41. The zero-order valence-electron chi connectivity index (χ0n) is 11.3. The van der Waals surface area contributed by atoms with Crippen molar-refractivity contribution in [2.24, 2.45) is 0 Å². The highest BCUT2D eigenvalue weighted by Crippen LogP contribution is 2.15. The van der Waals surface area contributed by atoms with Gasteiger partial charge in [-0.1, -0.05) is 6.07 Å². The molecule has 2 aromatic rings. The maximum atomic E-state index is 12.1. The second-order valence-corrected chi connectivity index (χ2v) is 4.05. The standard InChI is InChI=1S/C14H15N3O3/c1-10-7-11(20-9-19-2)8-12(16-10)14(18)17-13-5-3-4-6-15-13/h3-8H,9H2,1-2H3,(H,15,17,18). The molecule has 0 aliphatic carbocycles. The Morgan fingerprint density at radius 1 is 1.35 bits per heavy atom. The molecule has 1 amide bonds. The van der Waals surface area contributed by atoms with E-state index in [2.05, 4.69) is 15.3 Å². The Balaban J connectivity index is 2.15. The molecule has 0 spiro atoms. The van der Waals surface area contributed by atoms with Crippen LogP contribution in [0.25, 0.3) is 0 Å². The fourth-order valence-electron chi connectivity index (χ4n) is 1.58. The molecule has 0 saturated carbocycles. The third kappa shape index (κ3) is 3.76. The number of anilines is 1. The van der Waals surface area contributed by atoms with Crippen LogP contribution in [0.15, 0.2) is 36.5 Å². The number of aryl methyl sites for hydroxylation is 1. The Bertz CT molecular complexity index is 587. The van der Waals surface area contributed by atoms with E-state index in [0.717, 1.165) is 0 Å². The lowest BCUT2D eigenvalue weighted by atomic mass is 10.2. The molecule has 0 atom stereocenters. The van der Waals surface area contributed by atoms with Crippen molar-refractivity contribution < 1.29 is 14.3 Å². The minimum absolute atomic E-state index is 0.116. The molecule has 0 aliphatic heterocycles. The van der Waals surface area contributed by atoms with E-state index in [9.17, 15) is 4.79 Å². The summed E-state index contributed by atoms with van der Waals surface area (Å²) >= 11 is 0. The molecular formula is C14H15N3O3. The molecule has 6 nitrogen and oxygen atoms in total.